The highest BCUT2D eigenvalue weighted by Crippen LogP contribution is 2.29. The first-order valence-corrected chi connectivity index (χ1v) is 9.30. The van der Waals surface area contributed by atoms with Crippen molar-refractivity contribution in [2.45, 2.75) is 33.0 Å². The normalized spacial score (nSPS) is 11.8. The van der Waals surface area contributed by atoms with Crippen LogP contribution in [0, 0.1) is 6.92 Å². The van der Waals surface area contributed by atoms with Gasteiger partial charge in [-0.3, -0.25) is 0 Å². The average molecular weight is 361 g/mol. The molecule has 0 aliphatic heterocycles. The minimum atomic E-state index is 0.286. The van der Waals surface area contributed by atoms with Crippen LogP contribution >= 0.6 is 0 Å². The third kappa shape index (κ3) is 5.11. The molecule has 0 saturated carbocycles. The van der Waals surface area contributed by atoms with E-state index in [-0.39, 0.29) is 6.04 Å². The standard InChI is InChI=1S/C24H27NO2/c1-18-9-7-8-12-22(18)17-27-23-14-13-20(15-24(23)26-3)16-25-19(2)21-10-5-4-6-11-21/h4-15,19,25H,16-17H2,1-3H3/t19-/m1/s1. The fourth-order valence-electron chi connectivity index (χ4n) is 3.00. The maximum atomic E-state index is 6.00. The van der Waals surface area contributed by atoms with E-state index in [9.17, 15) is 0 Å². The fraction of sp³-hybridized carbons (Fsp3) is 0.250. The molecule has 0 radical (unpaired) electrons. The highest BCUT2D eigenvalue weighted by molar-refractivity contribution is 5.43. The van der Waals surface area contributed by atoms with Crippen LogP contribution in [0.1, 0.15) is 35.2 Å². The van der Waals surface area contributed by atoms with Crippen molar-refractivity contribution in [3.63, 3.8) is 0 Å². The Bertz CT molecular complexity index is 861. The van der Waals surface area contributed by atoms with Crippen LogP contribution in [0.4, 0.5) is 0 Å². The summed E-state index contributed by atoms with van der Waals surface area (Å²) in [5, 5.41) is 3.55. The first-order chi connectivity index (χ1) is 13.2. The lowest BCUT2D eigenvalue weighted by atomic mass is 10.1. The Morgan fingerprint density at radius 2 is 1.63 bits per heavy atom. The zero-order chi connectivity index (χ0) is 19.1. The molecule has 1 N–H and O–H groups in total. The quantitative estimate of drug-likeness (QED) is 0.580. The number of aryl methyl sites for hydroxylation is 1. The molecule has 140 valence electrons. The van der Waals surface area contributed by atoms with Crippen molar-refractivity contribution >= 4 is 0 Å². The third-order valence-corrected chi connectivity index (χ3v) is 4.78. The highest BCUT2D eigenvalue weighted by atomic mass is 16.5. The van der Waals surface area contributed by atoms with Crippen LogP contribution in [-0.2, 0) is 13.2 Å². The SMILES string of the molecule is COc1cc(CN[C@H](C)c2ccccc2)ccc1OCc1ccccc1C. The second-order valence-corrected chi connectivity index (χ2v) is 6.71. The maximum absolute atomic E-state index is 6.00. The number of hydrogen-bond acceptors (Lipinski definition) is 3. The first-order valence-electron chi connectivity index (χ1n) is 9.30. The summed E-state index contributed by atoms with van der Waals surface area (Å²) >= 11 is 0. The molecule has 0 fully saturated rings. The van der Waals surface area contributed by atoms with Gasteiger partial charge in [-0.2, -0.15) is 0 Å². The summed E-state index contributed by atoms with van der Waals surface area (Å²) in [5.41, 5.74) is 4.86. The minimum Gasteiger partial charge on any atom is -0.493 e. The van der Waals surface area contributed by atoms with Gasteiger partial charge in [0.2, 0.25) is 0 Å². The molecular weight excluding hydrogens is 334 g/mol. The zero-order valence-electron chi connectivity index (χ0n) is 16.2. The van der Waals surface area contributed by atoms with Gasteiger partial charge < -0.3 is 14.8 Å². The molecule has 0 aliphatic carbocycles. The van der Waals surface area contributed by atoms with Crippen LogP contribution in [0.2, 0.25) is 0 Å². The van der Waals surface area contributed by atoms with Gasteiger partial charge in [0.1, 0.15) is 6.61 Å². The van der Waals surface area contributed by atoms with Gasteiger partial charge in [-0.1, -0.05) is 60.7 Å². The number of benzene rings is 3. The summed E-state index contributed by atoms with van der Waals surface area (Å²) in [6, 6.07) is 25.1. The predicted octanol–water partition coefficient (Wildman–Crippen LogP) is 5.43. The molecule has 0 bridgehead atoms. The van der Waals surface area contributed by atoms with Gasteiger partial charge in [0, 0.05) is 12.6 Å². The maximum Gasteiger partial charge on any atom is 0.161 e. The molecule has 3 nitrogen and oxygen atoms in total. The van der Waals surface area contributed by atoms with Crippen molar-refractivity contribution in [2.75, 3.05) is 7.11 Å². The molecule has 3 heteroatoms. The van der Waals surface area contributed by atoms with Crippen LogP contribution in [0.15, 0.2) is 72.8 Å². The number of hydrogen-bond donors (Lipinski definition) is 1. The second kappa shape index (κ2) is 9.24. The summed E-state index contributed by atoms with van der Waals surface area (Å²) in [5.74, 6) is 1.52. The molecule has 0 heterocycles. The van der Waals surface area contributed by atoms with E-state index >= 15 is 0 Å². The first kappa shape index (κ1) is 19.0. The molecule has 0 saturated heterocycles. The Labute approximate surface area is 162 Å². The van der Waals surface area contributed by atoms with E-state index in [1.165, 1.54) is 16.7 Å². The summed E-state index contributed by atoms with van der Waals surface area (Å²) in [6.45, 7) is 5.57. The lowest BCUT2D eigenvalue weighted by Crippen LogP contribution is -2.18. The minimum absolute atomic E-state index is 0.286. The monoisotopic (exact) mass is 361 g/mol. The van der Waals surface area contributed by atoms with E-state index in [0.717, 1.165) is 23.6 Å². The molecule has 3 aromatic carbocycles. The van der Waals surface area contributed by atoms with Crippen molar-refractivity contribution < 1.29 is 9.47 Å². The van der Waals surface area contributed by atoms with E-state index in [1.54, 1.807) is 7.11 Å². The molecule has 3 aromatic rings. The Hall–Kier alpha value is -2.78. The van der Waals surface area contributed by atoms with Crippen molar-refractivity contribution in [3.8, 4) is 11.5 Å². The molecule has 0 amide bonds. The highest BCUT2D eigenvalue weighted by Gasteiger charge is 2.09. The molecule has 27 heavy (non-hydrogen) atoms. The smallest absolute Gasteiger partial charge is 0.161 e. The number of methoxy groups -OCH3 is 1. The van der Waals surface area contributed by atoms with Crippen LogP contribution in [-0.4, -0.2) is 7.11 Å². The van der Waals surface area contributed by atoms with Crippen LogP contribution in [0.25, 0.3) is 0 Å². The van der Waals surface area contributed by atoms with Gasteiger partial charge in [-0.25, -0.2) is 0 Å². The molecule has 0 aromatic heterocycles. The topological polar surface area (TPSA) is 30.5 Å². The molecule has 3 rings (SSSR count). The van der Waals surface area contributed by atoms with Gasteiger partial charge in [0.15, 0.2) is 11.5 Å². The van der Waals surface area contributed by atoms with Crippen molar-refractivity contribution in [1.29, 1.82) is 0 Å². The fourth-order valence-corrected chi connectivity index (χ4v) is 3.00. The van der Waals surface area contributed by atoms with Crippen LogP contribution in [0.3, 0.4) is 0 Å². The Morgan fingerprint density at radius 1 is 0.889 bits per heavy atom. The van der Waals surface area contributed by atoms with Gasteiger partial charge in [-0.15, -0.1) is 0 Å². The number of nitrogens with one attached hydrogen (secondary N) is 1. The zero-order valence-corrected chi connectivity index (χ0v) is 16.2. The number of rotatable bonds is 8. The lowest BCUT2D eigenvalue weighted by Gasteiger charge is -2.16. The lowest BCUT2D eigenvalue weighted by molar-refractivity contribution is 0.283. The van der Waals surface area contributed by atoms with Gasteiger partial charge >= 0.3 is 0 Å². The van der Waals surface area contributed by atoms with E-state index in [2.05, 4.69) is 61.6 Å². The van der Waals surface area contributed by atoms with Gasteiger partial charge in [0.25, 0.3) is 0 Å². The van der Waals surface area contributed by atoms with E-state index in [1.807, 2.05) is 30.3 Å². The Morgan fingerprint density at radius 3 is 2.37 bits per heavy atom. The summed E-state index contributed by atoms with van der Waals surface area (Å²) in [7, 11) is 1.68. The summed E-state index contributed by atoms with van der Waals surface area (Å²) in [4.78, 5) is 0. The second-order valence-electron chi connectivity index (χ2n) is 6.71. The van der Waals surface area contributed by atoms with Crippen molar-refractivity contribution in [3.05, 3.63) is 95.1 Å². The largest absolute Gasteiger partial charge is 0.493 e. The van der Waals surface area contributed by atoms with Crippen molar-refractivity contribution in [2.24, 2.45) is 0 Å². The molecule has 0 spiro atoms. The molecule has 0 unspecified atom stereocenters. The van der Waals surface area contributed by atoms with Gasteiger partial charge in [0.05, 0.1) is 7.11 Å². The molecule has 0 aliphatic rings. The van der Waals surface area contributed by atoms with Crippen LogP contribution < -0.4 is 14.8 Å². The third-order valence-electron chi connectivity index (χ3n) is 4.78. The number of ether oxygens (including phenoxy) is 2. The summed E-state index contributed by atoms with van der Waals surface area (Å²) in [6.07, 6.45) is 0. The van der Waals surface area contributed by atoms with E-state index in [0.29, 0.717) is 6.61 Å². The average Bonchev–Trinajstić information content (AvgIpc) is 2.72. The Balaban J connectivity index is 1.63. The molecular formula is C24H27NO2. The predicted molar refractivity (Wildman–Crippen MR) is 110 cm³/mol. The summed E-state index contributed by atoms with van der Waals surface area (Å²) < 4.78 is 11.5. The van der Waals surface area contributed by atoms with Crippen LogP contribution in [0.5, 0.6) is 11.5 Å². The molecule has 1 atom stereocenters. The van der Waals surface area contributed by atoms with E-state index < -0.39 is 0 Å². The van der Waals surface area contributed by atoms with Crippen molar-refractivity contribution in [1.82, 2.24) is 5.32 Å². The van der Waals surface area contributed by atoms with Gasteiger partial charge in [-0.05, 0) is 48.2 Å². The Kier molecular flexibility index (Phi) is 6.50. The van der Waals surface area contributed by atoms with E-state index in [4.69, 9.17) is 9.47 Å².